The molecular weight excluding hydrogens is 222 g/mol. The molecule has 16 heavy (non-hydrogen) atoms. The summed E-state index contributed by atoms with van der Waals surface area (Å²) >= 11 is 6.13. The Morgan fingerprint density at radius 1 is 1.44 bits per heavy atom. The third-order valence-corrected chi connectivity index (χ3v) is 3.63. The first-order valence-electron chi connectivity index (χ1n) is 5.85. The molecule has 1 aliphatic rings. The molecule has 1 aliphatic heterocycles. The Bertz CT molecular complexity index is 346. The van der Waals surface area contributed by atoms with Crippen LogP contribution in [0.4, 0.5) is 5.82 Å². The first-order chi connectivity index (χ1) is 7.66. The van der Waals surface area contributed by atoms with Crippen LogP contribution in [0.2, 0.25) is 0 Å². The molecule has 1 aromatic rings. The minimum Gasteiger partial charge on any atom is -0.356 e. The molecule has 0 bridgehead atoms. The van der Waals surface area contributed by atoms with E-state index in [4.69, 9.17) is 11.6 Å². The van der Waals surface area contributed by atoms with Crippen molar-refractivity contribution in [2.75, 3.05) is 18.0 Å². The number of hydrogen-bond donors (Lipinski definition) is 0. The van der Waals surface area contributed by atoms with Gasteiger partial charge < -0.3 is 4.90 Å². The maximum Gasteiger partial charge on any atom is 0.132 e. The van der Waals surface area contributed by atoms with Crippen molar-refractivity contribution in [1.82, 2.24) is 9.97 Å². The molecule has 1 saturated heterocycles. The van der Waals surface area contributed by atoms with Crippen LogP contribution in [0.5, 0.6) is 0 Å². The van der Waals surface area contributed by atoms with Crippen molar-refractivity contribution in [3.05, 3.63) is 18.1 Å². The third-order valence-electron chi connectivity index (χ3n) is 3.27. The summed E-state index contributed by atoms with van der Waals surface area (Å²) in [4.78, 5) is 10.9. The second-order valence-corrected chi connectivity index (χ2v) is 5.15. The van der Waals surface area contributed by atoms with Gasteiger partial charge in [-0.2, -0.15) is 0 Å². The number of rotatable bonds is 2. The second-order valence-electron chi connectivity index (χ2n) is 4.46. The van der Waals surface area contributed by atoms with E-state index in [2.05, 4.69) is 21.8 Å². The smallest absolute Gasteiger partial charge is 0.132 e. The number of alkyl halides is 1. The molecule has 0 aromatic carbocycles. The van der Waals surface area contributed by atoms with Crippen LogP contribution in [0.1, 0.15) is 25.6 Å². The Balaban J connectivity index is 1.99. The molecule has 0 radical (unpaired) electrons. The fourth-order valence-electron chi connectivity index (χ4n) is 2.21. The van der Waals surface area contributed by atoms with Crippen LogP contribution in [0.3, 0.4) is 0 Å². The molecule has 1 aromatic heterocycles. The fourth-order valence-corrected chi connectivity index (χ4v) is 2.46. The second kappa shape index (κ2) is 5.00. The van der Waals surface area contributed by atoms with Crippen molar-refractivity contribution in [3.63, 3.8) is 0 Å². The molecule has 0 aliphatic carbocycles. The molecule has 1 fully saturated rings. The van der Waals surface area contributed by atoms with Gasteiger partial charge in [0, 0.05) is 24.7 Å². The van der Waals surface area contributed by atoms with Gasteiger partial charge in [-0.25, -0.2) is 9.97 Å². The first kappa shape index (κ1) is 11.6. The summed E-state index contributed by atoms with van der Waals surface area (Å²) in [6.07, 6.45) is 4.15. The van der Waals surface area contributed by atoms with Crippen molar-refractivity contribution in [3.8, 4) is 0 Å². The molecule has 0 saturated carbocycles. The number of hydrogen-bond acceptors (Lipinski definition) is 3. The SMILES string of the molecule is Cc1nccc(N2CCC(C(C)Cl)CC2)n1. The predicted octanol–water partition coefficient (Wildman–Crippen LogP) is 2.63. The van der Waals surface area contributed by atoms with E-state index in [-0.39, 0.29) is 5.38 Å². The van der Waals surface area contributed by atoms with Gasteiger partial charge >= 0.3 is 0 Å². The van der Waals surface area contributed by atoms with E-state index >= 15 is 0 Å². The van der Waals surface area contributed by atoms with Crippen molar-refractivity contribution in [2.45, 2.75) is 32.1 Å². The zero-order valence-electron chi connectivity index (χ0n) is 9.86. The summed E-state index contributed by atoms with van der Waals surface area (Å²) in [5.74, 6) is 2.54. The van der Waals surface area contributed by atoms with Gasteiger partial charge in [0.25, 0.3) is 0 Å². The van der Waals surface area contributed by atoms with Crippen molar-refractivity contribution in [1.29, 1.82) is 0 Å². The monoisotopic (exact) mass is 239 g/mol. The largest absolute Gasteiger partial charge is 0.356 e. The number of aryl methyl sites for hydroxylation is 1. The van der Waals surface area contributed by atoms with Gasteiger partial charge in [0.2, 0.25) is 0 Å². The molecule has 0 spiro atoms. The number of nitrogens with zero attached hydrogens (tertiary/aromatic N) is 3. The molecule has 2 heterocycles. The minimum absolute atomic E-state index is 0.286. The van der Waals surface area contributed by atoms with Gasteiger partial charge in [-0.15, -0.1) is 11.6 Å². The van der Waals surface area contributed by atoms with Crippen LogP contribution in [0.25, 0.3) is 0 Å². The molecule has 3 nitrogen and oxygen atoms in total. The summed E-state index contributed by atoms with van der Waals surface area (Å²) in [7, 11) is 0. The van der Waals surface area contributed by atoms with Gasteiger partial charge in [0.1, 0.15) is 11.6 Å². The maximum atomic E-state index is 6.13. The van der Waals surface area contributed by atoms with Crippen LogP contribution < -0.4 is 4.90 Å². The third kappa shape index (κ3) is 2.64. The minimum atomic E-state index is 0.286. The van der Waals surface area contributed by atoms with Crippen molar-refractivity contribution < 1.29 is 0 Å². The van der Waals surface area contributed by atoms with E-state index in [0.29, 0.717) is 5.92 Å². The lowest BCUT2D eigenvalue weighted by Gasteiger charge is -2.33. The molecule has 4 heteroatoms. The van der Waals surface area contributed by atoms with Crippen molar-refractivity contribution in [2.24, 2.45) is 5.92 Å². The van der Waals surface area contributed by atoms with Crippen LogP contribution in [0.15, 0.2) is 12.3 Å². The van der Waals surface area contributed by atoms with E-state index in [1.54, 1.807) is 0 Å². The topological polar surface area (TPSA) is 29.0 Å². The molecule has 1 atom stereocenters. The zero-order valence-corrected chi connectivity index (χ0v) is 10.6. The average Bonchev–Trinajstić information content (AvgIpc) is 2.29. The van der Waals surface area contributed by atoms with Gasteiger partial charge in [0.15, 0.2) is 0 Å². The van der Waals surface area contributed by atoms with Crippen LogP contribution in [-0.4, -0.2) is 28.4 Å². The Labute approximate surface area is 102 Å². The highest BCUT2D eigenvalue weighted by Crippen LogP contribution is 2.26. The van der Waals surface area contributed by atoms with E-state index in [1.165, 1.54) is 0 Å². The molecular formula is C12H18ClN3. The molecule has 0 N–H and O–H groups in total. The van der Waals surface area contributed by atoms with E-state index < -0.39 is 0 Å². The molecule has 1 unspecified atom stereocenters. The van der Waals surface area contributed by atoms with Crippen LogP contribution in [-0.2, 0) is 0 Å². The Kier molecular flexibility index (Phi) is 3.64. The summed E-state index contributed by atoms with van der Waals surface area (Å²) in [5, 5.41) is 0.286. The normalized spacial score (nSPS) is 19.8. The molecule has 0 amide bonds. The number of anilines is 1. The van der Waals surface area contributed by atoms with Gasteiger partial charge in [0.05, 0.1) is 0 Å². The highest BCUT2D eigenvalue weighted by molar-refractivity contribution is 6.20. The van der Waals surface area contributed by atoms with Gasteiger partial charge in [-0.05, 0) is 38.7 Å². The van der Waals surface area contributed by atoms with Crippen LogP contribution >= 0.6 is 11.6 Å². The van der Waals surface area contributed by atoms with Crippen LogP contribution in [0, 0.1) is 12.8 Å². The lowest BCUT2D eigenvalue weighted by Crippen LogP contribution is -2.36. The van der Waals surface area contributed by atoms with Gasteiger partial charge in [-0.3, -0.25) is 0 Å². The van der Waals surface area contributed by atoms with Crippen molar-refractivity contribution >= 4 is 17.4 Å². The quantitative estimate of drug-likeness (QED) is 0.743. The summed E-state index contributed by atoms with van der Waals surface area (Å²) in [6.45, 7) is 6.13. The predicted molar refractivity (Wildman–Crippen MR) is 67.0 cm³/mol. The number of aromatic nitrogens is 2. The Morgan fingerprint density at radius 3 is 2.69 bits per heavy atom. The summed E-state index contributed by atoms with van der Waals surface area (Å²) in [6, 6.07) is 1.98. The van der Waals surface area contributed by atoms with E-state index in [9.17, 15) is 0 Å². The molecule has 2 rings (SSSR count). The molecule has 88 valence electrons. The zero-order chi connectivity index (χ0) is 11.5. The number of piperidine rings is 1. The summed E-state index contributed by atoms with van der Waals surface area (Å²) < 4.78 is 0. The van der Waals surface area contributed by atoms with Gasteiger partial charge in [-0.1, -0.05) is 0 Å². The Hall–Kier alpha value is -0.830. The summed E-state index contributed by atoms with van der Waals surface area (Å²) in [5.41, 5.74) is 0. The fraction of sp³-hybridized carbons (Fsp3) is 0.667. The highest BCUT2D eigenvalue weighted by atomic mass is 35.5. The standard InChI is InChI=1S/C12H18ClN3/c1-9(13)11-4-7-16(8-5-11)12-3-6-14-10(2)15-12/h3,6,9,11H,4-5,7-8H2,1-2H3. The van der Waals surface area contributed by atoms with E-state index in [0.717, 1.165) is 37.6 Å². The Morgan fingerprint density at radius 2 is 2.12 bits per heavy atom. The lowest BCUT2D eigenvalue weighted by atomic mass is 9.94. The lowest BCUT2D eigenvalue weighted by molar-refractivity contribution is 0.398. The average molecular weight is 240 g/mol. The van der Waals surface area contributed by atoms with E-state index in [1.807, 2.05) is 19.2 Å². The highest BCUT2D eigenvalue weighted by Gasteiger charge is 2.23. The maximum absolute atomic E-state index is 6.13. The first-order valence-corrected chi connectivity index (χ1v) is 6.29. The number of halogens is 1.